The van der Waals surface area contributed by atoms with Crippen LogP contribution in [0.4, 0.5) is 0 Å². The number of rotatable bonds is 13. The highest BCUT2D eigenvalue weighted by atomic mass is 16.5. The average Bonchev–Trinajstić information content (AvgIpc) is 2.53. The highest BCUT2D eigenvalue weighted by molar-refractivity contribution is 5.87. The van der Waals surface area contributed by atoms with Gasteiger partial charge in [0.2, 0.25) is 5.91 Å². The molecule has 144 valence electrons. The van der Waals surface area contributed by atoms with Gasteiger partial charge in [0.1, 0.15) is 0 Å². The SMILES string of the molecule is CCOC(C)/C=C/C=C/C(CC/C=C/C(=O)NCC(C)(C)O)OCC. The summed E-state index contributed by atoms with van der Waals surface area (Å²) in [6.07, 6.45) is 12.9. The minimum absolute atomic E-state index is 0.0149. The van der Waals surface area contributed by atoms with E-state index in [-0.39, 0.29) is 24.7 Å². The van der Waals surface area contributed by atoms with Crippen LogP contribution in [0.2, 0.25) is 0 Å². The number of carbonyl (C=O) groups excluding carboxylic acids is 1. The van der Waals surface area contributed by atoms with Crippen molar-refractivity contribution in [2.75, 3.05) is 19.8 Å². The van der Waals surface area contributed by atoms with Gasteiger partial charge in [0.05, 0.1) is 17.8 Å². The summed E-state index contributed by atoms with van der Waals surface area (Å²) in [5.41, 5.74) is -0.901. The Kier molecular flexibility index (Phi) is 13.0. The maximum absolute atomic E-state index is 11.6. The molecule has 0 aromatic carbocycles. The lowest BCUT2D eigenvalue weighted by Crippen LogP contribution is -2.37. The van der Waals surface area contributed by atoms with Crippen molar-refractivity contribution in [3.8, 4) is 0 Å². The summed E-state index contributed by atoms with van der Waals surface area (Å²) in [7, 11) is 0. The number of aliphatic hydroxyl groups is 1. The molecule has 0 rings (SSSR count). The third kappa shape index (κ3) is 15.8. The summed E-state index contributed by atoms with van der Waals surface area (Å²) in [5.74, 6) is -0.196. The molecule has 0 aliphatic heterocycles. The van der Waals surface area contributed by atoms with Crippen LogP contribution in [0.25, 0.3) is 0 Å². The maximum Gasteiger partial charge on any atom is 0.243 e. The third-order valence-corrected chi connectivity index (χ3v) is 3.21. The van der Waals surface area contributed by atoms with E-state index in [2.05, 4.69) is 5.32 Å². The first-order chi connectivity index (χ1) is 11.8. The molecule has 5 nitrogen and oxygen atoms in total. The summed E-state index contributed by atoms with van der Waals surface area (Å²) in [4.78, 5) is 11.6. The number of hydrogen-bond donors (Lipinski definition) is 2. The van der Waals surface area contributed by atoms with E-state index in [1.54, 1.807) is 13.8 Å². The molecule has 0 aromatic rings. The van der Waals surface area contributed by atoms with Crippen molar-refractivity contribution in [3.05, 3.63) is 36.5 Å². The first-order valence-electron chi connectivity index (χ1n) is 9.03. The number of carbonyl (C=O) groups is 1. The normalized spacial score (nSPS) is 15.3. The second-order valence-electron chi connectivity index (χ2n) is 6.43. The van der Waals surface area contributed by atoms with Crippen LogP contribution in [0, 0.1) is 0 Å². The molecule has 5 heteroatoms. The van der Waals surface area contributed by atoms with E-state index in [0.29, 0.717) is 13.2 Å². The summed E-state index contributed by atoms with van der Waals surface area (Å²) in [6, 6.07) is 0. The molecule has 2 unspecified atom stereocenters. The van der Waals surface area contributed by atoms with Gasteiger partial charge < -0.3 is 19.9 Å². The number of hydrogen-bond acceptors (Lipinski definition) is 4. The van der Waals surface area contributed by atoms with Gasteiger partial charge in [-0.3, -0.25) is 4.79 Å². The van der Waals surface area contributed by atoms with Gasteiger partial charge in [0, 0.05) is 19.8 Å². The van der Waals surface area contributed by atoms with E-state index in [4.69, 9.17) is 9.47 Å². The quantitative estimate of drug-likeness (QED) is 0.394. The van der Waals surface area contributed by atoms with Crippen LogP contribution in [-0.4, -0.2) is 48.6 Å². The standard InChI is InChI=1S/C20H35NO4/c1-6-24-17(3)12-8-9-13-18(25-7-2)14-10-11-15-19(22)21-16-20(4,5)23/h8-9,11-13,15,17-18,23H,6-7,10,14,16H2,1-5H3,(H,21,22)/b12-8+,13-9+,15-11+. The number of amides is 1. The summed E-state index contributed by atoms with van der Waals surface area (Å²) >= 11 is 0. The van der Waals surface area contributed by atoms with Crippen LogP contribution in [0.1, 0.15) is 47.5 Å². The topological polar surface area (TPSA) is 67.8 Å². The zero-order chi connectivity index (χ0) is 19.1. The van der Waals surface area contributed by atoms with Gasteiger partial charge in [-0.25, -0.2) is 0 Å². The van der Waals surface area contributed by atoms with Gasteiger partial charge in [-0.1, -0.05) is 30.4 Å². The van der Waals surface area contributed by atoms with E-state index in [9.17, 15) is 9.90 Å². The van der Waals surface area contributed by atoms with Crippen LogP contribution in [0.15, 0.2) is 36.5 Å². The Labute approximate surface area is 152 Å². The van der Waals surface area contributed by atoms with E-state index in [0.717, 1.165) is 12.8 Å². The van der Waals surface area contributed by atoms with Gasteiger partial charge in [-0.2, -0.15) is 0 Å². The lowest BCUT2D eigenvalue weighted by molar-refractivity contribution is -0.117. The Morgan fingerprint density at radius 2 is 1.80 bits per heavy atom. The van der Waals surface area contributed by atoms with Gasteiger partial charge in [-0.05, 0) is 53.5 Å². The van der Waals surface area contributed by atoms with E-state index >= 15 is 0 Å². The van der Waals surface area contributed by atoms with Crippen LogP contribution < -0.4 is 5.32 Å². The summed E-state index contributed by atoms with van der Waals surface area (Å²) in [5, 5.41) is 12.2. The first-order valence-corrected chi connectivity index (χ1v) is 9.03. The highest BCUT2D eigenvalue weighted by Crippen LogP contribution is 2.06. The molecular weight excluding hydrogens is 318 g/mol. The number of ether oxygens (including phenoxy) is 2. The lowest BCUT2D eigenvalue weighted by Gasteiger charge is -2.16. The maximum atomic E-state index is 11.6. The van der Waals surface area contributed by atoms with Crippen LogP contribution in [0.5, 0.6) is 0 Å². The lowest BCUT2D eigenvalue weighted by atomic mass is 10.1. The Morgan fingerprint density at radius 1 is 1.16 bits per heavy atom. The fraction of sp³-hybridized carbons (Fsp3) is 0.650. The molecule has 0 saturated carbocycles. The van der Waals surface area contributed by atoms with Crippen molar-refractivity contribution >= 4 is 5.91 Å². The second kappa shape index (κ2) is 13.8. The molecule has 0 spiro atoms. The third-order valence-electron chi connectivity index (χ3n) is 3.21. The summed E-state index contributed by atoms with van der Waals surface area (Å²) in [6.45, 7) is 10.8. The Bertz CT molecular complexity index is 435. The Balaban J connectivity index is 4.22. The zero-order valence-electron chi connectivity index (χ0n) is 16.3. The molecule has 25 heavy (non-hydrogen) atoms. The summed E-state index contributed by atoms with van der Waals surface area (Å²) < 4.78 is 11.1. The Morgan fingerprint density at radius 3 is 2.40 bits per heavy atom. The van der Waals surface area contributed by atoms with Crippen molar-refractivity contribution in [3.63, 3.8) is 0 Å². The van der Waals surface area contributed by atoms with Crippen molar-refractivity contribution in [1.29, 1.82) is 0 Å². The number of allylic oxidation sites excluding steroid dienone is 3. The van der Waals surface area contributed by atoms with Crippen molar-refractivity contribution in [1.82, 2.24) is 5.32 Å². The van der Waals surface area contributed by atoms with E-state index < -0.39 is 5.60 Å². The molecule has 0 fully saturated rings. The molecule has 0 heterocycles. The molecule has 1 amide bonds. The molecule has 0 aliphatic carbocycles. The predicted octanol–water partition coefficient (Wildman–Crippen LogP) is 3.15. The van der Waals surface area contributed by atoms with Crippen LogP contribution >= 0.6 is 0 Å². The average molecular weight is 354 g/mol. The van der Waals surface area contributed by atoms with Crippen molar-refractivity contribution < 1.29 is 19.4 Å². The number of nitrogens with one attached hydrogen (secondary N) is 1. The molecule has 0 aromatic heterocycles. The minimum Gasteiger partial charge on any atom is -0.389 e. The fourth-order valence-corrected chi connectivity index (χ4v) is 1.99. The van der Waals surface area contributed by atoms with E-state index in [1.807, 2.05) is 51.2 Å². The fourth-order valence-electron chi connectivity index (χ4n) is 1.99. The van der Waals surface area contributed by atoms with E-state index in [1.165, 1.54) is 6.08 Å². The molecule has 0 saturated heterocycles. The first kappa shape index (κ1) is 23.6. The molecule has 0 radical (unpaired) electrons. The zero-order valence-corrected chi connectivity index (χ0v) is 16.3. The largest absolute Gasteiger partial charge is 0.389 e. The van der Waals surface area contributed by atoms with Crippen molar-refractivity contribution in [2.24, 2.45) is 0 Å². The Hall–Kier alpha value is -1.43. The van der Waals surface area contributed by atoms with Gasteiger partial charge in [-0.15, -0.1) is 0 Å². The van der Waals surface area contributed by atoms with Crippen LogP contribution in [0.3, 0.4) is 0 Å². The minimum atomic E-state index is -0.901. The smallest absolute Gasteiger partial charge is 0.243 e. The molecule has 2 atom stereocenters. The van der Waals surface area contributed by atoms with Crippen molar-refractivity contribution in [2.45, 2.75) is 65.3 Å². The second-order valence-corrected chi connectivity index (χ2v) is 6.43. The molecular formula is C20H35NO4. The van der Waals surface area contributed by atoms with Crippen LogP contribution in [-0.2, 0) is 14.3 Å². The molecule has 0 aliphatic rings. The highest BCUT2D eigenvalue weighted by Gasteiger charge is 2.12. The predicted molar refractivity (Wildman–Crippen MR) is 102 cm³/mol. The molecule has 0 bridgehead atoms. The van der Waals surface area contributed by atoms with Gasteiger partial charge in [0.25, 0.3) is 0 Å². The molecule has 2 N–H and O–H groups in total. The van der Waals surface area contributed by atoms with Gasteiger partial charge >= 0.3 is 0 Å². The monoisotopic (exact) mass is 353 g/mol. The van der Waals surface area contributed by atoms with Gasteiger partial charge in [0.15, 0.2) is 0 Å².